The summed E-state index contributed by atoms with van der Waals surface area (Å²) in [7, 11) is 0. The molecule has 0 radical (unpaired) electrons. The van der Waals surface area contributed by atoms with Gasteiger partial charge in [0.15, 0.2) is 0 Å². The van der Waals surface area contributed by atoms with E-state index in [9.17, 15) is 14.4 Å². The Morgan fingerprint density at radius 3 is 2.85 bits per heavy atom. The second-order valence-electron chi connectivity index (χ2n) is 6.39. The van der Waals surface area contributed by atoms with Crippen LogP contribution in [0.25, 0.3) is 0 Å². The number of rotatable bonds is 4. The molecule has 0 spiro atoms. The van der Waals surface area contributed by atoms with Gasteiger partial charge in [-0.15, -0.1) is 0 Å². The van der Waals surface area contributed by atoms with Crippen LogP contribution in [0.2, 0.25) is 0 Å². The van der Waals surface area contributed by atoms with Gasteiger partial charge in [-0.25, -0.2) is 14.2 Å². The number of anilines is 1. The van der Waals surface area contributed by atoms with Crippen LogP contribution < -0.4 is 10.2 Å². The van der Waals surface area contributed by atoms with Crippen LogP contribution >= 0.6 is 0 Å². The van der Waals surface area contributed by atoms with E-state index in [0.29, 0.717) is 49.5 Å². The number of benzene rings is 1. The first-order chi connectivity index (χ1) is 13.2. The van der Waals surface area contributed by atoms with Crippen molar-refractivity contribution in [2.75, 3.05) is 37.6 Å². The summed E-state index contributed by atoms with van der Waals surface area (Å²) in [6.07, 6.45) is 2.92. The molecule has 0 saturated carbocycles. The lowest BCUT2D eigenvalue weighted by Crippen LogP contribution is -2.42. The van der Waals surface area contributed by atoms with Crippen LogP contribution in [0.15, 0.2) is 42.6 Å². The third kappa shape index (κ3) is 4.73. The summed E-state index contributed by atoms with van der Waals surface area (Å²) in [5, 5.41) is 12.1. The van der Waals surface area contributed by atoms with Crippen LogP contribution in [-0.2, 0) is 6.42 Å². The van der Waals surface area contributed by atoms with Crippen LogP contribution in [0, 0.1) is 17.1 Å². The third-order valence-corrected chi connectivity index (χ3v) is 4.62. The highest BCUT2D eigenvalue weighted by Crippen LogP contribution is 2.18. The van der Waals surface area contributed by atoms with Gasteiger partial charge in [0.1, 0.15) is 17.7 Å². The molecule has 140 valence electrons. The Morgan fingerprint density at radius 1 is 1.19 bits per heavy atom. The van der Waals surface area contributed by atoms with E-state index >= 15 is 0 Å². The fourth-order valence-electron chi connectivity index (χ4n) is 3.19. The van der Waals surface area contributed by atoms with Gasteiger partial charge >= 0.3 is 6.03 Å². The molecule has 2 heterocycles. The summed E-state index contributed by atoms with van der Waals surface area (Å²) in [4.78, 5) is 20.6. The summed E-state index contributed by atoms with van der Waals surface area (Å²) >= 11 is 0. The number of pyridine rings is 1. The molecule has 1 aromatic heterocycles. The van der Waals surface area contributed by atoms with Crippen LogP contribution in [0.4, 0.5) is 15.0 Å². The van der Waals surface area contributed by atoms with Crippen molar-refractivity contribution in [1.82, 2.24) is 15.2 Å². The van der Waals surface area contributed by atoms with Crippen molar-refractivity contribution in [3.63, 3.8) is 0 Å². The zero-order valence-corrected chi connectivity index (χ0v) is 15.1. The molecule has 2 amide bonds. The van der Waals surface area contributed by atoms with Gasteiger partial charge in [0.25, 0.3) is 0 Å². The molecule has 6 nitrogen and oxygen atoms in total. The third-order valence-electron chi connectivity index (χ3n) is 4.62. The maximum atomic E-state index is 13.6. The van der Waals surface area contributed by atoms with Crippen molar-refractivity contribution < 1.29 is 9.18 Å². The summed E-state index contributed by atoms with van der Waals surface area (Å²) in [6.45, 7) is 2.93. The average Bonchev–Trinajstić information content (AvgIpc) is 2.95. The molecular weight excluding hydrogens is 345 g/mol. The highest BCUT2D eigenvalue weighted by atomic mass is 19.1. The molecule has 1 N–H and O–H groups in total. The standard InChI is InChI=1S/C20H22FN5O/c21-18-7-2-1-5-16(18)8-10-24-20(27)26-12-4-11-25(13-14-26)19-17(15-22)6-3-9-23-19/h1-3,5-7,9H,4,8,10-14H2,(H,24,27). The summed E-state index contributed by atoms with van der Waals surface area (Å²) in [5.74, 6) is 0.419. The van der Waals surface area contributed by atoms with Crippen molar-refractivity contribution in [3.8, 4) is 6.07 Å². The van der Waals surface area contributed by atoms with E-state index in [1.807, 2.05) is 4.90 Å². The molecule has 0 unspecified atom stereocenters. The van der Waals surface area contributed by atoms with Gasteiger partial charge in [-0.3, -0.25) is 0 Å². The van der Waals surface area contributed by atoms with E-state index in [1.54, 1.807) is 41.4 Å². The Balaban J connectivity index is 1.52. The van der Waals surface area contributed by atoms with E-state index in [-0.39, 0.29) is 11.8 Å². The van der Waals surface area contributed by atoms with Gasteiger partial charge in [0.05, 0.1) is 5.56 Å². The van der Waals surface area contributed by atoms with Crippen molar-refractivity contribution in [3.05, 3.63) is 59.5 Å². The largest absolute Gasteiger partial charge is 0.354 e. The SMILES string of the molecule is N#Cc1cccnc1N1CCCN(C(=O)NCCc2ccccc2F)CC1. The molecule has 7 heteroatoms. The number of urea groups is 1. The van der Waals surface area contributed by atoms with Gasteiger partial charge in [0.2, 0.25) is 0 Å². The monoisotopic (exact) mass is 367 g/mol. The molecule has 3 rings (SSSR count). The number of amides is 2. The van der Waals surface area contributed by atoms with Crippen molar-refractivity contribution in [2.24, 2.45) is 0 Å². The molecule has 1 saturated heterocycles. The highest BCUT2D eigenvalue weighted by Gasteiger charge is 2.21. The van der Waals surface area contributed by atoms with Crippen LogP contribution in [0.1, 0.15) is 17.5 Å². The van der Waals surface area contributed by atoms with Crippen molar-refractivity contribution in [2.45, 2.75) is 12.8 Å². The summed E-state index contributed by atoms with van der Waals surface area (Å²) in [6, 6.07) is 12.1. The van der Waals surface area contributed by atoms with Gasteiger partial charge < -0.3 is 15.1 Å². The predicted molar refractivity (Wildman–Crippen MR) is 101 cm³/mol. The molecule has 1 aromatic carbocycles. The van der Waals surface area contributed by atoms with Crippen molar-refractivity contribution in [1.29, 1.82) is 5.26 Å². The number of hydrogen-bond acceptors (Lipinski definition) is 4. The lowest BCUT2D eigenvalue weighted by atomic mass is 10.1. The molecular formula is C20H22FN5O. The Kier molecular flexibility index (Phi) is 6.21. The molecule has 1 aliphatic rings. The maximum Gasteiger partial charge on any atom is 0.317 e. The van der Waals surface area contributed by atoms with Crippen molar-refractivity contribution >= 4 is 11.8 Å². The van der Waals surface area contributed by atoms with Gasteiger partial charge in [-0.1, -0.05) is 18.2 Å². The van der Waals surface area contributed by atoms with E-state index in [2.05, 4.69) is 16.4 Å². The smallest absolute Gasteiger partial charge is 0.317 e. The number of nitrogens with one attached hydrogen (secondary N) is 1. The first-order valence-electron chi connectivity index (χ1n) is 9.05. The molecule has 0 bridgehead atoms. The minimum Gasteiger partial charge on any atom is -0.354 e. The normalized spacial score (nSPS) is 14.4. The van der Waals surface area contributed by atoms with Crippen LogP contribution in [0.5, 0.6) is 0 Å². The predicted octanol–water partition coefficient (Wildman–Crippen LogP) is 2.56. The maximum absolute atomic E-state index is 13.6. The molecule has 0 atom stereocenters. The molecule has 1 fully saturated rings. The molecule has 2 aromatic rings. The number of halogens is 1. The molecule has 0 aliphatic carbocycles. The Morgan fingerprint density at radius 2 is 2.04 bits per heavy atom. The number of nitrogens with zero attached hydrogens (tertiary/aromatic N) is 4. The fourth-order valence-corrected chi connectivity index (χ4v) is 3.19. The Labute approximate surface area is 158 Å². The number of aromatic nitrogens is 1. The minimum absolute atomic E-state index is 0.144. The first kappa shape index (κ1) is 18.6. The lowest BCUT2D eigenvalue weighted by Gasteiger charge is -2.23. The zero-order chi connectivity index (χ0) is 19.1. The second-order valence-corrected chi connectivity index (χ2v) is 6.39. The average molecular weight is 367 g/mol. The second kappa shape index (κ2) is 8.99. The number of carbonyl (C=O) groups is 1. The van der Waals surface area contributed by atoms with Gasteiger partial charge in [0, 0.05) is 38.9 Å². The number of nitriles is 1. The Bertz CT molecular complexity index is 835. The van der Waals surface area contributed by atoms with Gasteiger partial charge in [-0.05, 0) is 36.6 Å². The van der Waals surface area contributed by atoms with E-state index in [1.165, 1.54) is 6.07 Å². The fraction of sp³-hybridized carbons (Fsp3) is 0.350. The van der Waals surface area contributed by atoms with Crippen LogP contribution in [0.3, 0.4) is 0 Å². The summed E-state index contributed by atoms with van der Waals surface area (Å²) in [5.41, 5.74) is 1.14. The first-order valence-corrected chi connectivity index (χ1v) is 9.05. The van der Waals surface area contributed by atoms with E-state index in [4.69, 9.17) is 0 Å². The number of carbonyl (C=O) groups excluding carboxylic acids is 1. The van der Waals surface area contributed by atoms with Gasteiger partial charge in [-0.2, -0.15) is 5.26 Å². The highest BCUT2D eigenvalue weighted by molar-refractivity contribution is 5.74. The van der Waals surface area contributed by atoms with E-state index in [0.717, 1.165) is 13.0 Å². The Hall–Kier alpha value is -3.14. The van der Waals surface area contributed by atoms with E-state index < -0.39 is 0 Å². The minimum atomic E-state index is -0.249. The lowest BCUT2D eigenvalue weighted by molar-refractivity contribution is 0.201. The van der Waals surface area contributed by atoms with Crippen LogP contribution in [-0.4, -0.2) is 48.6 Å². The zero-order valence-electron chi connectivity index (χ0n) is 15.1. The molecule has 27 heavy (non-hydrogen) atoms. The quantitative estimate of drug-likeness (QED) is 0.901. The topological polar surface area (TPSA) is 72.3 Å². The number of hydrogen-bond donors (Lipinski definition) is 1. The summed E-state index contributed by atoms with van der Waals surface area (Å²) < 4.78 is 13.6. The molecule has 1 aliphatic heterocycles.